The number of dihydropyridines is 1. The lowest BCUT2D eigenvalue weighted by Crippen LogP contribution is -2.53. The van der Waals surface area contributed by atoms with Gasteiger partial charge in [-0.1, -0.05) is 12.1 Å². The van der Waals surface area contributed by atoms with Crippen LogP contribution < -0.4 is 9.47 Å². The van der Waals surface area contributed by atoms with Crippen molar-refractivity contribution in [1.82, 2.24) is 9.80 Å². The van der Waals surface area contributed by atoms with Crippen LogP contribution in [-0.4, -0.2) is 66.7 Å². The summed E-state index contributed by atoms with van der Waals surface area (Å²) >= 11 is 0. The van der Waals surface area contributed by atoms with E-state index < -0.39 is 11.8 Å². The summed E-state index contributed by atoms with van der Waals surface area (Å²) in [7, 11) is 0. The number of piperazine rings is 1. The minimum absolute atomic E-state index is 0.0187. The molecule has 8 heteroatoms. The van der Waals surface area contributed by atoms with Crippen molar-refractivity contribution >= 4 is 23.9 Å². The maximum atomic E-state index is 12.9. The Morgan fingerprint density at radius 3 is 2.48 bits per heavy atom. The third kappa shape index (κ3) is 3.28. The molecule has 3 unspecified atom stereocenters. The highest BCUT2D eigenvalue weighted by atomic mass is 16.7. The molecule has 0 radical (unpaired) electrons. The van der Waals surface area contributed by atoms with Gasteiger partial charge in [0.2, 0.25) is 18.6 Å². The third-order valence-corrected chi connectivity index (χ3v) is 5.96. The van der Waals surface area contributed by atoms with Gasteiger partial charge in [-0.05, 0) is 36.1 Å². The molecule has 8 nitrogen and oxygen atoms in total. The molecule has 1 aromatic carbocycles. The van der Waals surface area contributed by atoms with Crippen molar-refractivity contribution in [2.24, 2.45) is 16.8 Å². The van der Waals surface area contributed by atoms with Gasteiger partial charge in [-0.25, -0.2) is 4.99 Å². The Hall–Kier alpha value is -3.16. The maximum absolute atomic E-state index is 12.9. The van der Waals surface area contributed by atoms with Gasteiger partial charge in [0, 0.05) is 38.3 Å². The lowest BCUT2D eigenvalue weighted by atomic mass is 10.0. The summed E-state index contributed by atoms with van der Waals surface area (Å²) in [6.07, 6.45) is 5.42. The van der Waals surface area contributed by atoms with E-state index in [9.17, 15) is 14.4 Å². The van der Waals surface area contributed by atoms with Crippen molar-refractivity contribution in [1.29, 1.82) is 0 Å². The molecule has 29 heavy (non-hydrogen) atoms. The minimum Gasteiger partial charge on any atom is -0.454 e. The van der Waals surface area contributed by atoms with E-state index in [4.69, 9.17) is 9.47 Å². The number of hydrogen-bond acceptors (Lipinski definition) is 5. The second kappa shape index (κ2) is 7.02. The Morgan fingerprint density at radius 1 is 1.00 bits per heavy atom. The average Bonchev–Trinajstić information content (AvgIpc) is 3.42. The molecule has 1 aromatic rings. The fraction of sp³-hybridized carbons (Fsp3) is 0.429. The zero-order valence-corrected chi connectivity index (χ0v) is 15.8. The average molecular weight is 395 g/mol. The van der Waals surface area contributed by atoms with Crippen molar-refractivity contribution in [2.45, 2.75) is 12.3 Å². The van der Waals surface area contributed by atoms with E-state index in [-0.39, 0.29) is 30.4 Å². The van der Waals surface area contributed by atoms with Crippen LogP contribution in [0.5, 0.6) is 11.5 Å². The second-order valence-electron chi connectivity index (χ2n) is 7.69. The zero-order valence-electron chi connectivity index (χ0n) is 15.8. The number of carbonyl (C=O) groups is 3. The quantitative estimate of drug-likeness (QED) is 0.712. The molecule has 1 saturated carbocycles. The number of aliphatic imine (C=N–C) groups is 1. The summed E-state index contributed by atoms with van der Waals surface area (Å²) in [5, 5.41) is 0. The second-order valence-corrected chi connectivity index (χ2v) is 7.69. The van der Waals surface area contributed by atoms with Crippen molar-refractivity contribution < 1.29 is 23.9 Å². The Balaban J connectivity index is 1.16. The van der Waals surface area contributed by atoms with Gasteiger partial charge in [0.15, 0.2) is 11.5 Å². The van der Waals surface area contributed by atoms with Crippen LogP contribution in [0.25, 0.3) is 0 Å². The molecule has 1 saturated heterocycles. The highest BCUT2D eigenvalue weighted by Gasteiger charge is 2.46. The lowest BCUT2D eigenvalue weighted by molar-refractivity contribution is -0.144. The number of carbonyl (C=O) groups excluding carboxylic acids is 3. The predicted octanol–water partition coefficient (Wildman–Crippen LogP) is 0.973. The maximum Gasteiger partial charge on any atom is 0.262 e. The molecule has 1 aliphatic carbocycles. The van der Waals surface area contributed by atoms with Gasteiger partial charge in [0.05, 0.1) is 0 Å². The lowest BCUT2D eigenvalue weighted by Gasteiger charge is -2.36. The molecular weight excluding hydrogens is 374 g/mol. The molecule has 3 aliphatic heterocycles. The topological polar surface area (TPSA) is 88.5 Å². The highest BCUT2D eigenvalue weighted by molar-refractivity contribution is 6.07. The molecule has 2 fully saturated rings. The smallest absolute Gasteiger partial charge is 0.262 e. The van der Waals surface area contributed by atoms with Gasteiger partial charge in [-0.15, -0.1) is 0 Å². The molecule has 0 spiro atoms. The van der Waals surface area contributed by atoms with Crippen LogP contribution >= 0.6 is 0 Å². The molecule has 0 aromatic heterocycles. The summed E-state index contributed by atoms with van der Waals surface area (Å²) in [4.78, 5) is 44.4. The number of allylic oxidation sites excluding steroid dienone is 1. The largest absolute Gasteiger partial charge is 0.454 e. The predicted molar refractivity (Wildman–Crippen MR) is 103 cm³/mol. The van der Waals surface area contributed by atoms with Crippen LogP contribution in [0.2, 0.25) is 0 Å². The third-order valence-electron chi connectivity index (χ3n) is 5.96. The molecule has 3 atom stereocenters. The van der Waals surface area contributed by atoms with Gasteiger partial charge in [-0.3, -0.25) is 14.4 Å². The molecular formula is C21H21N3O5. The van der Waals surface area contributed by atoms with Crippen LogP contribution in [0.1, 0.15) is 17.9 Å². The first-order valence-corrected chi connectivity index (χ1v) is 9.83. The van der Waals surface area contributed by atoms with Crippen molar-refractivity contribution in [3.8, 4) is 11.5 Å². The molecule has 3 amide bonds. The van der Waals surface area contributed by atoms with E-state index in [0.717, 1.165) is 23.5 Å². The normalized spacial score (nSPS) is 27.3. The van der Waals surface area contributed by atoms with E-state index >= 15 is 0 Å². The minimum atomic E-state index is -0.832. The van der Waals surface area contributed by atoms with E-state index in [0.29, 0.717) is 26.2 Å². The molecule has 4 aliphatic rings. The number of nitrogens with zero attached hydrogens (tertiary/aromatic N) is 3. The fourth-order valence-electron chi connectivity index (χ4n) is 4.19. The van der Waals surface area contributed by atoms with Crippen LogP contribution in [0, 0.1) is 11.8 Å². The Morgan fingerprint density at radius 2 is 1.72 bits per heavy atom. The number of benzene rings is 1. The van der Waals surface area contributed by atoms with Gasteiger partial charge in [0.1, 0.15) is 5.92 Å². The summed E-state index contributed by atoms with van der Waals surface area (Å²) < 4.78 is 10.8. The van der Waals surface area contributed by atoms with Gasteiger partial charge < -0.3 is 19.3 Å². The van der Waals surface area contributed by atoms with Crippen molar-refractivity contribution in [3.05, 3.63) is 35.9 Å². The summed E-state index contributed by atoms with van der Waals surface area (Å²) in [5.41, 5.74) is 1.10. The molecule has 5 rings (SSSR count). The number of rotatable bonds is 3. The number of ether oxygens (including phenoxy) is 2. The fourth-order valence-corrected chi connectivity index (χ4v) is 4.19. The monoisotopic (exact) mass is 395 g/mol. The SMILES string of the molecule is O=C1N=CC=CC1C(=O)N1CCN(C(=O)C2CC2c2ccc3c(c2)OCO3)CC1. The van der Waals surface area contributed by atoms with Crippen molar-refractivity contribution in [3.63, 3.8) is 0 Å². The molecule has 150 valence electrons. The number of hydrogen-bond donors (Lipinski definition) is 0. The first-order valence-electron chi connectivity index (χ1n) is 9.83. The molecule has 0 bridgehead atoms. The van der Waals surface area contributed by atoms with E-state index in [2.05, 4.69) is 4.99 Å². The Bertz CT molecular complexity index is 932. The Labute approximate surface area is 167 Å². The van der Waals surface area contributed by atoms with Gasteiger partial charge in [-0.2, -0.15) is 0 Å². The van der Waals surface area contributed by atoms with Gasteiger partial charge in [0.25, 0.3) is 5.91 Å². The number of amides is 3. The summed E-state index contributed by atoms with van der Waals surface area (Å²) in [6.45, 7) is 2.09. The van der Waals surface area contributed by atoms with Crippen LogP contribution in [0.4, 0.5) is 0 Å². The Kier molecular flexibility index (Phi) is 4.34. The summed E-state index contributed by atoms with van der Waals surface area (Å²) in [5.74, 6) is 0.312. The standard InChI is InChI=1S/C21H21N3O5/c25-19-14(2-1-5-22-19)20(26)23-6-8-24(9-7-23)21(27)16-11-15(16)13-3-4-17-18(10-13)29-12-28-17/h1-5,10,14-16H,6-9,11-12H2. The first kappa shape index (κ1) is 17.9. The van der Waals surface area contributed by atoms with E-state index in [1.54, 1.807) is 17.1 Å². The number of fused-ring (bicyclic) bond motifs is 1. The van der Waals surface area contributed by atoms with Crippen LogP contribution in [0.15, 0.2) is 35.3 Å². The van der Waals surface area contributed by atoms with Crippen molar-refractivity contribution in [2.75, 3.05) is 33.0 Å². The van der Waals surface area contributed by atoms with Gasteiger partial charge >= 0.3 is 0 Å². The zero-order chi connectivity index (χ0) is 20.0. The van der Waals surface area contributed by atoms with Crippen LogP contribution in [-0.2, 0) is 14.4 Å². The molecule has 0 N–H and O–H groups in total. The van der Waals surface area contributed by atoms with E-state index in [1.807, 2.05) is 23.1 Å². The highest BCUT2D eigenvalue weighted by Crippen LogP contribution is 2.50. The van der Waals surface area contributed by atoms with Crippen LogP contribution in [0.3, 0.4) is 0 Å². The molecule has 3 heterocycles. The first-order chi connectivity index (χ1) is 14.1. The van der Waals surface area contributed by atoms with E-state index in [1.165, 1.54) is 6.21 Å². The summed E-state index contributed by atoms with van der Waals surface area (Å²) in [6, 6.07) is 5.86.